The minimum atomic E-state index is -4.55. The van der Waals surface area contributed by atoms with Crippen LogP contribution in [-0.4, -0.2) is 34.4 Å². The molecule has 1 aromatic heterocycles. The molecular weight excluding hydrogens is 435 g/mol. The van der Waals surface area contributed by atoms with E-state index in [1.54, 1.807) is 31.3 Å². The van der Waals surface area contributed by atoms with Gasteiger partial charge in [0.2, 0.25) is 5.91 Å². The first-order valence-corrected chi connectivity index (χ1v) is 10.5. The van der Waals surface area contributed by atoms with Crippen molar-refractivity contribution in [2.45, 2.75) is 25.1 Å². The summed E-state index contributed by atoms with van der Waals surface area (Å²) in [7, 11) is 1.59. The van der Waals surface area contributed by atoms with Gasteiger partial charge < -0.3 is 14.8 Å². The maximum absolute atomic E-state index is 13.3. The molecule has 9 heteroatoms. The number of pyridine rings is 1. The fourth-order valence-electron chi connectivity index (χ4n) is 4.12. The highest BCUT2D eigenvalue weighted by Crippen LogP contribution is 2.31. The van der Waals surface area contributed by atoms with Crippen LogP contribution < -0.4 is 10.9 Å². The van der Waals surface area contributed by atoms with Crippen LogP contribution >= 0.6 is 0 Å². The van der Waals surface area contributed by atoms with Gasteiger partial charge in [0.1, 0.15) is 0 Å². The Hall–Kier alpha value is -3.62. The summed E-state index contributed by atoms with van der Waals surface area (Å²) in [6.07, 6.45) is -3.53. The van der Waals surface area contributed by atoms with E-state index in [0.29, 0.717) is 30.3 Å². The maximum atomic E-state index is 13.3. The number of nitrogens with zero attached hydrogens (tertiary/aromatic N) is 2. The van der Waals surface area contributed by atoms with E-state index in [0.717, 1.165) is 12.1 Å². The van der Waals surface area contributed by atoms with E-state index >= 15 is 0 Å². The van der Waals surface area contributed by atoms with Gasteiger partial charge in [0.25, 0.3) is 11.5 Å². The first-order chi connectivity index (χ1) is 15.6. The number of likely N-dealkylation sites (tertiary alicyclic amines) is 1. The minimum absolute atomic E-state index is 0.0364. The molecule has 1 fully saturated rings. The summed E-state index contributed by atoms with van der Waals surface area (Å²) in [5.41, 5.74) is -0.319. The smallest absolute Gasteiger partial charge is 0.343 e. The third-order valence-corrected chi connectivity index (χ3v) is 5.89. The Labute approximate surface area is 187 Å². The first kappa shape index (κ1) is 22.6. The molecular formula is C24H22F3N3O3. The lowest BCUT2D eigenvalue weighted by Crippen LogP contribution is -2.39. The standard InChI is InChI=1S/C24H22F3N3O3/c1-29-20-9-3-2-8-17(20)18(13-22(29)32)23(33)28-19(14-30-11-5-10-21(30)31)15-6-4-7-16(12-15)24(25,26)27/h2-4,6-9,12-13,19H,5,10-11,14H2,1H3,(H,28,33). The van der Waals surface area contributed by atoms with E-state index in [2.05, 4.69) is 5.32 Å². The summed E-state index contributed by atoms with van der Waals surface area (Å²) in [6, 6.07) is 11.9. The largest absolute Gasteiger partial charge is 0.416 e. The van der Waals surface area contributed by atoms with Crippen LogP contribution in [0.3, 0.4) is 0 Å². The molecule has 0 saturated carbocycles. The zero-order valence-corrected chi connectivity index (χ0v) is 17.9. The summed E-state index contributed by atoms with van der Waals surface area (Å²) in [5, 5.41) is 3.31. The predicted octanol–water partition coefficient (Wildman–Crippen LogP) is 3.65. The van der Waals surface area contributed by atoms with Gasteiger partial charge in [0, 0.05) is 38.0 Å². The first-order valence-electron chi connectivity index (χ1n) is 10.5. The SMILES string of the molecule is Cn1c(=O)cc(C(=O)NC(CN2CCCC2=O)c2cccc(C(F)(F)F)c2)c2ccccc21. The minimum Gasteiger partial charge on any atom is -0.343 e. The number of aromatic nitrogens is 1. The molecule has 1 atom stereocenters. The summed E-state index contributed by atoms with van der Waals surface area (Å²) in [4.78, 5) is 39.4. The van der Waals surface area contributed by atoms with Crippen LogP contribution in [0, 0.1) is 0 Å². The number of hydrogen-bond acceptors (Lipinski definition) is 3. The lowest BCUT2D eigenvalue weighted by molar-refractivity contribution is -0.137. The Kier molecular flexibility index (Phi) is 5.97. The second-order valence-electron chi connectivity index (χ2n) is 8.06. The number of amides is 2. The molecule has 4 rings (SSSR count). The van der Waals surface area contributed by atoms with Crippen molar-refractivity contribution in [2.75, 3.05) is 13.1 Å². The molecule has 1 unspecified atom stereocenters. The van der Waals surface area contributed by atoms with Crippen LogP contribution in [0.1, 0.15) is 40.4 Å². The van der Waals surface area contributed by atoms with Crippen molar-refractivity contribution in [1.29, 1.82) is 0 Å². The summed E-state index contributed by atoms with van der Waals surface area (Å²) >= 11 is 0. The molecule has 2 amide bonds. The number of nitrogens with one attached hydrogen (secondary N) is 1. The van der Waals surface area contributed by atoms with E-state index in [1.807, 2.05) is 0 Å². The van der Waals surface area contributed by atoms with Gasteiger partial charge >= 0.3 is 6.18 Å². The van der Waals surface area contributed by atoms with Crippen molar-refractivity contribution >= 4 is 22.7 Å². The number of hydrogen-bond donors (Lipinski definition) is 1. The van der Waals surface area contributed by atoms with Crippen LogP contribution in [0.5, 0.6) is 0 Å². The Bertz CT molecular complexity index is 1280. The third-order valence-electron chi connectivity index (χ3n) is 5.89. The normalized spacial score (nSPS) is 15.2. The number of carbonyl (C=O) groups is 2. The highest BCUT2D eigenvalue weighted by atomic mass is 19.4. The fourth-order valence-corrected chi connectivity index (χ4v) is 4.12. The second-order valence-corrected chi connectivity index (χ2v) is 8.06. The monoisotopic (exact) mass is 457 g/mol. The topological polar surface area (TPSA) is 71.4 Å². The quantitative estimate of drug-likeness (QED) is 0.636. The molecule has 2 aromatic carbocycles. The van der Waals surface area contributed by atoms with Crippen molar-refractivity contribution in [2.24, 2.45) is 7.05 Å². The summed E-state index contributed by atoms with van der Waals surface area (Å²) in [6.45, 7) is 0.508. The molecule has 6 nitrogen and oxygen atoms in total. The predicted molar refractivity (Wildman–Crippen MR) is 117 cm³/mol. The number of halogens is 3. The highest BCUT2D eigenvalue weighted by molar-refractivity contribution is 6.06. The van der Waals surface area contributed by atoms with Gasteiger partial charge in [-0.05, 0) is 30.2 Å². The van der Waals surface area contributed by atoms with E-state index in [9.17, 15) is 27.6 Å². The van der Waals surface area contributed by atoms with Gasteiger partial charge in [0.05, 0.1) is 22.7 Å². The third kappa shape index (κ3) is 4.62. The number of alkyl halides is 3. The molecule has 2 heterocycles. The van der Waals surface area contributed by atoms with Crippen LogP contribution in [-0.2, 0) is 18.0 Å². The van der Waals surface area contributed by atoms with Crippen molar-refractivity contribution < 1.29 is 22.8 Å². The molecule has 172 valence electrons. The molecule has 1 aliphatic heterocycles. The summed E-state index contributed by atoms with van der Waals surface area (Å²) < 4.78 is 41.3. The molecule has 33 heavy (non-hydrogen) atoms. The number of fused-ring (bicyclic) bond motifs is 1. The van der Waals surface area contributed by atoms with E-state index in [1.165, 1.54) is 27.7 Å². The molecule has 1 aliphatic rings. The number of carbonyl (C=O) groups excluding carboxylic acids is 2. The van der Waals surface area contributed by atoms with Gasteiger partial charge in [0.15, 0.2) is 0 Å². The number of para-hydroxylation sites is 1. The van der Waals surface area contributed by atoms with Gasteiger partial charge in [-0.25, -0.2) is 0 Å². The molecule has 0 spiro atoms. The van der Waals surface area contributed by atoms with Crippen LogP contribution in [0.15, 0.2) is 59.4 Å². The van der Waals surface area contributed by atoms with Gasteiger partial charge in [-0.2, -0.15) is 13.2 Å². The van der Waals surface area contributed by atoms with E-state index in [4.69, 9.17) is 0 Å². The lowest BCUT2D eigenvalue weighted by atomic mass is 10.0. The number of rotatable bonds is 5. The van der Waals surface area contributed by atoms with Crippen molar-refractivity contribution in [3.05, 3.63) is 81.6 Å². The molecule has 1 saturated heterocycles. The molecule has 1 N–H and O–H groups in total. The Morgan fingerprint density at radius 3 is 2.55 bits per heavy atom. The maximum Gasteiger partial charge on any atom is 0.416 e. The molecule has 0 radical (unpaired) electrons. The van der Waals surface area contributed by atoms with Crippen molar-refractivity contribution in [1.82, 2.24) is 14.8 Å². The fraction of sp³-hybridized carbons (Fsp3) is 0.292. The summed E-state index contributed by atoms with van der Waals surface area (Å²) in [5.74, 6) is -0.710. The lowest BCUT2D eigenvalue weighted by Gasteiger charge is -2.26. The molecule has 3 aromatic rings. The Morgan fingerprint density at radius 1 is 1.09 bits per heavy atom. The van der Waals surface area contributed by atoms with Gasteiger partial charge in [-0.1, -0.05) is 30.3 Å². The average molecular weight is 457 g/mol. The van der Waals surface area contributed by atoms with Gasteiger partial charge in [-0.3, -0.25) is 14.4 Å². The van der Waals surface area contributed by atoms with Crippen LogP contribution in [0.2, 0.25) is 0 Å². The number of benzene rings is 2. The van der Waals surface area contributed by atoms with Crippen molar-refractivity contribution in [3.63, 3.8) is 0 Å². The van der Waals surface area contributed by atoms with Crippen LogP contribution in [0.25, 0.3) is 10.9 Å². The highest BCUT2D eigenvalue weighted by Gasteiger charge is 2.32. The second kappa shape index (κ2) is 8.73. The van der Waals surface area contributed by atoms with Crippen LogP contribution in [0.4, 0.5) is 13.2 Å². The zero-order valence-electron chi connectivity index (χ0n) is 17.9. The van der Waals surface area contributed by atoms with E-state index in [-0.39, 0.29) is 29.1 Å². The molecule has 0 bridgehead atoms. The Morgan fingerprint density at radius 2 is 1.85 bits per heavy atom. The average Bonchev–Trinajstić information content (AvgIpc) is 3.19. The molecule has 0 aliphatic carbocycles. The van der Waals surface area contributed by atoms with Crippen molar-refractivity contribution in [3.8, 4) is 0 Å². The Balaban J connectivity index is 1.72. The zero-order chi connectivity index (χ0) is 23.8. The van der Waals surface area contributed by atoms with E-state index < -0.39 is 23.7 Å². The number of aryl methyl sites for hydroxylation is 1. The van der Waals surface area contributed by atoms with Gasteiger partial charge in [-0.15, -0.1) is 0 Å².